The molecule has 1 saturated carbocycles. The molecular formula is C17H23ClN2O2. The molecule has 1 aliphatic carbocycles. The van der Waals surface area contributed by atoms with Crippen molar-refractivity contribution in [2.24, 2.45) is 17.6 Å². The number of likely N-dealkylation sites (tertiary alicyclic amines) is 1. The number of hydrogen-bond acceptors (Lipinski definition) is 3. The summed E-state index contributed by atoms with van der Waals surface area (Å²) in [5.74, 6) is 1.62. The summed E-state index contributed by atoms with van der Waals surface area (Å²) in [5, 5.41) is 0.533. The van der Waals surface area contributed by atoms with E-state index in [0.29, 0.717) is 22.6 Å². The Bertz CT molecular complexity index is 578. The SMILES string of the molecule is Cc1ccc(Cl)c(OC(C)C(=O)N2CC3CCC(N)C3C2)c1. The summed E-state index contributed by atoms with van der Waals surface area (Å²) in [7, 11) is 0. The van der Waals surface area contributed by atoms with E-state index in [2.05, 4.69) is 0 Å². The quantitative estimate of drug-likeness (QED) is 0.930. The number of nitrogens with zero attached hydrogens (tertiary/aromatic N) is 1. The van der Waals surface area contributed by atoms with Crippen LogP contribution in [-0.2, 0) is 4.79 Å². The zero-order chi connectivity index (χ0) is 15.9. The number of aryl methyl sites for hydroxylation is 1. The molecule has 3 rings (SSSR count). The minimum atomic E-state index is -0.533. The Kier molecular flexibility index (Phi) is 4.33. The van der Waals surface area contributed by atoms with Crippen molar-refractivity contribution in [1.82, 2.24) is 4.90 Å². The molecule has 4 unspecified atom stereocenters. The van der Waals surface area contributed by atoms with Gasteiger partial charge in [0.2, 0.25) is 0 Å². The fraction of sp³-hybridized carbons (Fsp3) is 0.588. The molecule has 0 bridgehead atoms. The van der Waals surface area contributed by atoms with Gasteiger partial charge in [-0.15, -0.1) is 0 Å². The van der Waals surface area contributed by atoms with Crippen LogP contribution in [-0.4, -0.2) is 36.0 Å². The zero-order valence-corrected chi connectivity index (χ0v) is 13.8. The summed E-state index contributed by atoms with van der Waals surface area (Å²) in [6.07, 6.45) is 1.69. The molecule has 1 aromatic carbocycles. The molecule has 4 nitrogen and oxygen atoms in total. The van der Waals surface area contributed by atoms with Crippen molar-refractivity contribution >= 4 is 17.5 Å². The standard InChI is InChI=1S/C17H23ClN2O2/c1-10-3-5-14(18)16(7-10)22-11(2)17(21)20-8-12-4-6-15(19)13(12)9-20/h3,5,7,11-13,15H,4,6,8-9,19H2,1-2H3. The number of benzene rings is 1. The van der Waals surface area contributed by atoms with Crippen molar-refractivity contribution in [3.8, 4) is 5.75 Å². The van der Waals surface area contributed by atoms with Gasteiger partial charge in [-0.25, -0.2) is 0 Å². The van der Waals surface area contributed by atoms with Crippen molar-refractivity contribution in [3.05, 3.63) is 28.8 Å². The van der Waals surface area contributed by atoms with Crippen molar-refractivity contribution in [3.63, 3.8) is 0 Å². The van der Waals surface area contributed by atoms with Crippen molar-refractivity contribution < 1.29 is 9.53 Å². The Morgan fingerprint density at radius 1 is 1.41 bits per heavy atom. The Labute approximate surface area is 136 Å². The molecule has 0 aromatic heterocycles. The van der Waals surface area contributed by atoms with Gasteiger partial charge in [0.05, 0.1) is 5.02 Å². The Morgan fingerprint density at radius 2 is 2.18 bits per heavy atom. The molecular weight excluding hydrogens is 300 g/mol. The average Bonchev–Trinajstić information content (AvgIpc) is 3.04. The van der Waals surface area contributed by atoms with Gasteiger partial charge >= 0.3 is 0 Å². The summed E-state index contributed by atoms with van der Waals surface area (Å²) in [6.45, 7) is 5.33. The minimum absolute atomic E-state index is 0.0270. The number of carbonyl (C=O) groups excluding carboxylic acids is 1. The third kappa shape index (κ3) is 2.95. The third-order valence-electron chi connectivity index (χ3n) is 4.96. The Balaban J connectivity index is 1.64. The minimum Gasteiger partial charge on any atom is -0.479 e. The molecule has 1 heterocycles. The lowest BCUT2D eigenvalue weighted by molar-refractivity contribution is -0.137. The highest BCUT2D eigenvalue weighted by molar-refractivity contribution is 6.32. The van der Waals surface area contributed by atoms with Crippen LogP contribution in [0.25, 0.3) is 0 Å². The summed E-state index contributed by atoms with van der Waals surface area (Å²) in [5.41, 5.74) is 7.19. The van der Waals surface area contributed by atoms with Crippen molar-refractivity contribution in [2.45, 2.75) is 38.8 Å². The lowest BCUT2D eigenvalue weighted by atomic mass is 9.98. The predicted molar refractivity (Wildman–Crippen MR) is 87.0 cm³/mol. The number of hydrogen-bond donors (Lipinski definition) is 1. The van der Waals surface area contributed by atoms with Crippen LogP contribution in [0, 0.1) is 18.8 Å². The van der Waals surface area contributed by atoms with Crippen molar-refractivity contribution in [1.29, 1.82) is 0 Å². The van der Waals surface area contributed by atoms with E-state index in [1.54, 1.807) is 13.0 Å². The number of nitrogens with two attached hydrogens (primary N) is 1. The van der Waals surface area contributed by atoms with Gasteiger partial charge in [-0.1, -0.05) is 17.7 Å². The number of ether oxygens (including phenoxy) is 1. The lowest BCUT2D eigenvalue weighted by Gasteiger charge is -2.23. The summed E-state index contributed by atoms with van der Waals surface area (Å²) < 4.78 is 5.79. The van der Waals surface area contributed by atoms with E-state index in [9.17, 15) is 4.79 Å². The van der Waals surface area contributed by atoms with Crippen molar-refractivity contribution in [2.75, 3.05) is 13.1 Å². The van der Waals surface area contributed by atoms with Crippen LogP contribution in [0.4, 0.5) is 0 Å². The number of carbonyl (C=O) groups is 1. The van der Waals surface area contributed by atoms with Crippen LogP contribution in [0.3, 0.4) is 0 Å². The average molecular weight is 323 g/mol. The van der Waals surface area contributed by atoms with Gasteiger partial charge in [-0.2, -0.15) is 0 Å². The van der Waals surface area contributed by atoms with E-state index < -0.39 is 6.10 Å². The van der Waals surface area contributed by atoms with E-state index in [1.165, 1.54) is 0 Å². The number of rotatable bonds is 3. The number of fused-ring (bicyclic) bond motifs is 1. The Morgan fingerprint density at radius 3 is 2.91 bits per heavy atom. The molecule has 0 radical (unpaired) electrons. The topological polar surface area (TPSA) is 55.6 Å². The molecule has 2 N–H and O–H groups in total. The van der Waals surface area contributed by atoms with Gasteiger partial charge in [-0.3, -0.25) is 4.79 Å². The van der Waals surface area contributed by atoms with E-state index in [1.807, 2.05) is 24.0 Å². The van der Waals surface area contributed by atoms with E-state index >= 15 is 0 Å². The summed E-state index contributed by atoms with van der Waals surface area (Å²) in [4.78, 5) is 14.5. The zero-order valence-electron chi connectivity index (χ0n) is 13.1. The maximum atomic E-state index is 12.6. The van der Waals surface area contributed by atoms with E-state index in [0.717, 1.165) is 31.5 Å². The number of halogens is 1. The smallest absolute Gasteiger partial charge is 0.263 e. The second-order valence-electron chi connectivity index (χ2n) is 6.60. The molecule has 0 spiro atoms. The second-order valence-corrected chi connectivity index (χ2v) is 7.01. The Hall–Kier alpha value is -1.26. The third-order valence-corrected chi connectivity index (χ3v) is 5.27. The molecule has 1 amide bonds. The van der Waals surface area contributed by atoms with Crippen LogP contribution in [0.5, 0.6) is 5.75 Å². The summed E-state index contributed by atoms with van der Waals surface area (Å²) >= 11 is 6.14. The van der Waals surface area contributed by atoms with Crippen LogP contribution in [0.15, 0.2) is 18.2 Å². The fourth-order valence-electron chi connectivity index (χ4n) is 3.69. The molecule has 2 aliphatic rings. The first kappa shape index (κ1) is 15.6. The molecule has 1 aliphatic heterocycles. The van der Waals surface area contributed by atoms with Crippen LogP contribution < -0.4 is 10.5 Å². The highest BCUT2D eigenvalue weighted by Crippen LogP contribution is 2.37. The number of amides is 1. The van der Waals surface area contributed by atoms with Crippen LogP contribution in [0.2, 0.25) is 5.02 Å². The normalized spacial score (nSPS) is 28.5. The highest BCUT2D eigenvalue weighted by atomic mass is 35.5. The van der Waals surface area contributed by atoms with Gasteiger partial charge in [0, 0.05) is 19.1 Å². The maximum absolute atomic E-state index is 12.6. The van der Waals surface area contributed by atoms with Gasteiger partial charge in [0.25, 0.3) is 5.91 Å². The van der Waals surface area contributed by atoms with Gasteiger partial charge in [0.15, 0.2) is 6.10 Å². The first-order valence-electron chi connectivity index (χ1n) is 7.93. The van der Waals surface area contributed by atoms with E-state index in [-0.39, 0.29) is 11.9 Å². The molecule has 120 valence electrons. The van der Waals surface area contributed by atoms with Gasteiger partial charge in [-0.05, 0) is 56.2 Å². The maximum Gasteiger partial charge on any atom is 0.263 e. The fourth-order valence-corrected chi connectivity index (χ4v) is 3.85. The molecule has 5 heteroatoms. The second kappa shape index (κ2) is 6.09. The van der Waals surface area contributed by atoms with Gasteiger partial charge in [0.1, 0.15) is 5.75 Å². The molecule has 4 atom stereocenters. The molecule has 1 aromatic rings. The highest BCUT2D eigenvalue weighted by Gasteiger charge is 2.43. The molecule has 22 heavy (non-hydrogen) atoms. The van der Waals surface area contributed by atoms with Crippen LogP contribution in [0.1, 0.15) is 25.3 Å². The lowest BCUT2D eigenvalue weighted by Crippen LogP contribution is -2.40. The predicted octanol–water partition coefficient (Wildman–Crippen LogP) is 2.61. The monoisotopic (exact) mass is 322 g/mol. The summed E-state index contributed by atoms with van der Waals surface area (Å²) in [6, 6.07) is 5.82. The molecule has 2 fully saturated rings. The molecule has 1 saturated heterocycles. The van der Waals surface area contributed by atoms with E-state index in [4.69, 9.17) is 22.1 Å². The van der Waals surface area contributed by atoms with Crippen LogP contribution >= 0.6 is 11.6 Å². The first-order chi connectivity index (χ1) is 10.5. The van der Waals surface area contributed by atoms with Gasteiger partial charge < -0.3 is 15.4 Å². The largest absolute Gasteiger partial charge is 0.479 e. The first-order valence-corrected chi connectivity index (χ1v) is 8.30.